The van der Waals surface area contributed by atoms with E-state index in [-0.39, 0.29) is 50.6 Å². The zero-order chi connectivity index (χ0) is 25.7. The van der Waals surface area contributed by atoms with Gasteiger partial charge >= 0.3 is 18.5 Å². The van der Waals surface area contributed by atoms with Crippen LogP contribution in [0.5, 0.6) is 0 Å². The van der Waals surface area contributed by atoms with E-state index in [0.29, 0.717) is 0 Å². The topological polar surface area (TPSA) is 121 Å². The van der Waals surface area contributed by atoms with Gasteiger partial charge in [0.05, 0.1) is 25.3 Å². The first-order valence-corrected chi connectivity index (χ1v) is 10.5. The Bertz CT molecular complexity index is 974. The number of benzene rings is 1. The zero-order valence-electron chi connectivity index (χ0n) is 18.6. The van der Waals surface area contributed by atoms with Crippen LogP contribution in [0.3, 0.4) is 0 Å². The van der Waals surface area contributed by atoms with Gasteiger partial charge in [-0.05, 0) is 0 Å². The first kappa shape index (κ1) is 26.0. The van der Waals surface area contributed by atoms with Crippen molar-refractivity contribution in [2.45, 2.75) is 19.5 Å². The van der Waals surface area contributed by atoms with Crippen LogP contribution in [0.4, 0.5) is 33.7 Å². The van der Waals surface area contributed by atoms with Crippen LogP contribution in [0.1, 0.15) is 6.92 Å². The summed E-state index contributed by atoms with van der Waals surface area (Å²) >= 11 is 0. The number of nitrogens with zero attached hydrogens (tertiary/aromatic N) is 3. The van der Waals surface area contributed by atoms with Crippen LogP contribution in [0.25, 0.3) is 0 Å². The lowest BCUT2D eigenvalue weighted by Gasteiger charge is -2.25. The van der Waals surface area contributed by atoms with Crippen LogP contribution in [0.2, 0.25) is 0 Å². The van der Waals surface area contributed by atoms with E-state index in [2.05, 4.69) is 10.2 Å². The van der Waals surface area contributed by atoms with Gasteiger partial charge in [0.1, 0.15) is 11.8 Å². The number of hydrogen-bond donors (Lipinski definition) is 2. The summed E-state index contributed by atoms with van der Waals surface area (Å²) in [4.78, 5) is 48.4. The third kappa shape index (κ3) is 6.49. The maximum Gasteiger partial charge on any atom is 0.414 e. The van der Waals surface area contributed by atoms with Gasteiger partial charge in [0, 0.05) is 38.7 Å². The van der Waals surface area contributed by atoms with Crippen LogP contribution in [0, 0.1) is 11.6 Å². The number of amides is 3. The normalized spacial score (nSPS) is 18.4. The number of cyclic esters (lactones) is 1. The fraction of sp³-hybridized carbons (Fsp3) is 0.500. The SMILES string of the molecule is CC(=O)OCC(=O)N1CCN(c2c(F)cc(N3C[C@H](CNC(=O)C(F)F)OC3=O)cc2F)CCN1. The smallest absolute Gasteiger partial charge is 0.414 e. The van der Waals surface area contributed by atoms with Gasteiger partial charge in [0.15, 0.2) is 18.2 Å². The van der Waals surface area contributed by atoms with Crippen molar-refractivity contribution in [1.29, 1.82) is 0 Å². The van der Waals surface area contributed by atoms with Crippen molar-refractivity contribution < 1.29 is 46.2 Å². The van der Waals surface area contributed by atoms with E-state index in [9.17, 15) is 36.7 Å². The molecule has 0 spiro atoms. The van der Waals surface area contributed by atoms with Crippen molar-refractivity contribution in [3.63, 3.8) is 0 Å². The Labute approximate surface area is 196 Å². The molecule has 1 aromatic rings. The van der Waals surface area contributed by atoms with Gasteiger partial charge in [-0.3, -0.25) is 24.3 Å². The van der Waals surface area contributed by atoms with E-state index in [1.165, 1.54) is 9.91 Å². The fourth-order valence-corrected chi connectivity index (χ4v) is 3.55. The lowest BCUT2D eigenvalue weighted by atomic mass is 10.2. The Morgan fingerprint density at radius 1 is 1.20 bits per heavy atom. The Hall–Kier alpha value is -3.62. The molecule has 2 aliphatic heterocycles. The van der Waals surface area contributed by atoms with Crippen LogP contribution in [-0.2, 0) is 23.9 Å². The van der Waals surface area contributed by atoms with Crippen LogP contribution >= 0.6 is 0 Å². The van der Waals surface area contributed by atoms with E-state index in [1.807, 2.05) is 5.32 Å². The number of hydrogen-bond acceptors (Lipinski definition) is 8. The Kier molecular flexibility index (Phi) is 8.32. The molecule has 11 nitrogen and oxygen atoms in total. The molecule has 0 aliphatic carbocycles. The largest absolute Gasteiger partial charge is 0.456 e. The molecule has 0 radical (unpaired) electrons. The second-order valence-electron chi connectivity index (χ2n) is 7.64. The summed E-state index contributed by atoms with van der Waals surface area (Å²) in [6, 6.07) is 1.86. The summed E-state index contributed by atoms with van der Waals surface area (Å²) in [7, 11) is 0. The second-order valence-corrected chi connectivity index (χ2v) is 7.64. The molecule has 0 bridgehead atoms. The van der Waals surface area contributed by atoms with Crippen molar-refractivity contribution in [2.24, 2.45) is 0 Å². The monoisotopic (exact) mass is 505 g/mol. The zero-order valence-corrected chi connectivity index (χ0v) is 18.6. The summed E-state index contributed by atoms with van der Waals surface area (Å²) in [5.41, 5.74) is 2.28. The third-order valence-electron chi connectivity index (χ3n) is 5.18. The lowest BCUT2D eigenvalue weighted by Crippen LogP contribution is -2.45. The number of esters is 1. The number of hydrazine groups is 1. The summed E-state index contributed by atoms with van der Waals surface area (Å²) in [6.45, 7) is 0.495. The number of rotatable bonds is 7. The van der Waals surface area contributed by atoms with E-state index in [0.717, 1.165) is 24.0 Å². The number of ether oxygens (including phenoxy) is 2. The highest BCUT2D eigenvalue weighted by molar-refractivity contribution is 5.90. The standard InChI is InChI=1S/C20H23F4N5O6/c1-11(30)34-10-16(31)29-5-4-27(3-2-26-29)17-14(21)6-12(7-15(17)22)28-9-13(35-20(28)33)8-25-19(32)18(23)24/h6-7,13,18,26H,2-5,8-10H2,1H3,(H,25,32)/t13-/m0/s1. The van der Waals surface area contributed by atoms with Crippen molar-refractivity contribution in [1.82, 2.24) is 15.8 Å². The number of carbonyl (C=O) groups is 4. The first-order valence-electron chi connectivity index (χ1n) is 10.5. The minimum atomic E-state index is -3.23. The molecular weight excluding hydrogens is 482 g/mol. The molecule has 1 aromatic carbocycles. The van der Waals surface area contributed by atoms with E-state index in [1.54, 1.807) is 0 Å². The third-order valence-corrected chi connectivity index (χ3v) is 5.18. The predicted octanol–water partition coefficient (Wildman–Crippen LogP) is 0.388. The van der Waals surface area contributed by atoms with Crippen LogP contribution in [0.15, 0.2) is 12.1 Å². The number of alkyl halides is 2. The fourth-order valence-electron chi connectivity index (χ4n) is 3.55. The molecule has 2 saturated heterocycles. The molecule has 0 unspecified atom stereocenters. The van der Waals surface area contributed by atoms with Gasteiger partial charge in [-0.1, -0.05) is 0 Å². The molecular formula is C20H23F4N5O6. The van der Waals surface area contributed by atoms with E-state index >= 15 is 0 Å². The number of anilines is 2. The molecule has 2 N–H and O–H groups in total. The van der Waals surface area contributed by atoms with Crippen molar-refractivity contribution >= 4 is 35.3 Å². The summed E-state index contributed by atoms with van der Waals surface area (Å²) in [5, 5.41) is 3.11. The number of halogens is 4. The average Bonchev–Trinajstić information content (AvgIpc) is 2.99. The van der Waals surface area contributed by atoms with Crippen molar-refractivity contribution in [3.8, 4) is 0 Å². The van der Waals surface area contributed by atoms with E-state index < -0.39 is 54.6 Å². The summed E-state index contributed by atoms with van der Waals surface area (Å²) in [6.07, 6.45) is -5.16. The second kappa shape index (κ2) is 11.2. The highest BCUT2D eigenvalue weighted by Gasteiger charge is 2.34. The predicted molar refractivity (Wildman–Crippen MR) is 112 cm³/mol. The van der Waals surface area contributed by atoms with Gasteiger partial charge < -0.3 is 19.7 Å². The van der Waals surface area contributed by atoms with Gasteiger partial charge in [-0.15, -0.1) is 0 Å². The quantitative estimate of drug-likeness (QED) is 0.404. The van der Waals surface area contributed by atoms with Crippen molar-refractivity contribution in [2.75, 3.05) is 55.7 Å². The van der Waals surface area contributed by atoms with Gasteiger partial charge in [-0.25, -0.2) is 19.0 Å². The maximum absolute atomic E-state index is 15.0. The Morgan fingerprint density at radius 2 is 1.89 bits per heavy atom. The molecule has 0 saturated carbocycles. The lowest BCUT2D eigenvalue weighted by molar-refractivity contribution is -0.151. The molecule has 1 atom stereocenters. The Morgan fingerprint density at radius 3 is 2.51 bits per heavy atom. The highest BCUT2D eigenvalue weighted by Crippen LogP contribution is 2.31. The molecule has 3 amide bonds. The number of nitrogens with one attached hydrogen (secondary N) is 2. The molecule has 35 heavy (non-hydrogen) atoms. The Balaban J connectivity index is 1.65. The highest BCUT2D eigenvalue weighted by atomic mass is 19.3. The van der Waals surface area contributed by atoms with Crippen LogP contribution < -0.4 is 20.5 Å². The molecule has 3 rings (SSSR count). The molecule has 2 aliphatic rings. The van der Waals surface area contributed by atoms with Gasteiger partial charge in [0.25, 0.3) is 11.8 Å². The molecule has 15 heteroatoms. The number of carbonyl (C=O) groups excluding carboxylic acids is 4. The molecule has 0 aromatic heterocycles. The summed E-state index contributed by atoms with van der Waals surface area (Å²) in [5.74, 6) is -4.61. The van der Waals surface area contributed by atoms with Crippen molar-refractivity contribution in [3.05, 3.63) is 23.8 Å². The minimum Gasteiger partial charge on any atom is -0.456 e. The van der Waals surface area contributed by atoms with Gasteiger partial charge in [-0.2, -0.15) is 8.78 Å². The minimum absolute atomic E-state index is 0.0468. The van der Waals surface area contributed by atoms with E-state index in [4.69, 9.17) is 4.74 Å². The summed E-state index contributed by atoms with van der Waals surface area (Å²) < 4.78 is 64.1. The average molecular weight is 505 g/mol. The maximum atomic E-state index is 15.0. The molecule has 192 valence electrons. The van der Waals surface area contributed by atoms with Crippen LogP contribution in [-0.4, -0.2) is 87.3 Å². The van der Waals surface area contributed by atoms with Gasteiger partial charge in [0.2, 0.25) is 0 Å². The molecule has 2 fully saturated rings. The molecule has 2 heterocycles. The first-order chi connectivity index (χ1) is 16.6.